The van der Waals surface area contributed by atoms with Gasteiger partial charge in [0.1, 0.15) is 0 Å². The Bertz CT molecular complexity index is 350. The maximum absolute atomic E-state index is 6.14. The van der Waals surface area contributed by atoms with Crippen molar-refractivity contribution in [2.75, 3.05) is 13.2 Å². The number of nitrogens with two attached hydrogens (primary N) is 1. The van der Waals surface area contributed by atoms with Crippen LogP contribution in [0.25, 0.3) is 0 Å². The highest BCUT2D eigenvalue weighted by Gasteiger charge is 2.25. The first kappa shape index (κ1) is 11.2. The van der Waals surface area contributed by atoms with E-state index in [9.17, 15) is 0 Å². The minimum absolute atomic E-state index is 0.0581. The van der Waals surface area contributed by atoms with Gasteiger partial charge in [0.2, 0.25) is 0 Å². The Balaban J connectivity index is 2.20. The van der Waals surface area contributed by atoms with E-state index in [4.69, 9.17) is 33.7 Å². The number of halogens is 2. The third-order valence-corrected chi connectivity index (χ3v) is 3.36. The van der Waals surface area contributed by atoms with E-state index in [0.29, 0.717) is 16.0 Å². The van der Waals surface area contributed by atoms with E-state index in [1.807, 2.05) is 12.1 Å². The molecule has 15 heavy (non-hydrogen) atoms. The van der Waals surface area contributed by atoms with Crippen molar-refractivity contribution in [3.05, 3.63) is 33.8 Å². The molecule has 0 aromatic heterocycles. The first-order valence-electron chi connectivity index (χ1n) is 4.97. The molecular weight excluding hydrogens is 233 g/mol. The molecule has 2 nitrogen and oxygen atoms in total. The fourth-order valence-electron chi connectivity index (χ4n) is 1.86. The van der Waals surface area contributed by atoms with Crippen molar-refractivity contribution in [1.29, 1.82) is 0 Å². The third kappa shape index (κ3) is 2.45. The Morgan fingerprint density at radius 2 is 2.20 bits per heavy atom. The molecule has 2 atom stereocenters. The minimum atomic E-state index is -0.0581. The van der Waals surface area contributed by atoms with Gasteiger partial charge in [-0.3, -0.25) is 0 Å². The van der Waals surface area contributed by atoms with Crippen molar-refractivity contribution < 1.29 is 4.74 Å². The van der Waals surface area contributed by atoms with Gasteiger partial charge in [-0.25, -0.2) is 0 Å². The van der Waals surface area contributed by atoms with E-state index in [2.05, 4.69) is 0 Å². The normalized spacial score (nSPS) is 23.0. The number of benzene rings is 1. The molecule has 1 heterocycles. The first-order chi connectivity index (χ1) is 7.18. The topological polar surface area (TPSA) is 35.2 Å². The largest absolute Gasteiger partial charge is 0.381 e. The maximum atomic E-state index is 6.14. The lowest BCUT2D eigenvalue weighted by atomic mass is 9.93. The zero-order chi connectivity index (χ0) is 10.8. The highest BCUT2D eigenvalue weighted by molar-refractivity contribution is 6.35. The number of hydrogen-bond donors (Lipinski definition) is 1. The van der Waals surface area contributed by atoms with Gasteiger partial charge < -0.3 is 10.5 Å². The molecule has 2 rings (SSSR count). The number of ether oxygens (including phenoxy) is 1. The maximum Gasteiger partial charge on any atom is 0.0513 e. The summed E-state index contributed by atoms with van der Waals surface area (Å²) in [5, 5.41) is 1.28. The Labute approximate surface area is 99.3 Å². The van der Waals surface area contributed by atoms with Crippen LogP contribution in [0.3, 0.4) is 0 Å². The summed E-state index contributed by atoms with van der Waals surface area (Å²) >= 11 is 11.9. The molecule has 0 spiro atoms. The van der Waals surface area contributed by atoms with Crippen LogP contribution in [-0.4, -0.2) is 13.2 Å². The zero-order valence-corrected chi connectivity index (χ0v) is 9.76. The summed E-state index contributed by atoms with van der Waals surface area (Å²) in [5.41, 5.74) is 7.10. The van der Waals surface area contributed by atoms with Crippen LogP contribution in [0.1, 0.15) is 18.0 Å². The molecule has 1 aliphatic heterocycles. The van der Waals surface area contributed by atoms with Crippen molar-refractivity contribution in [3.8, 4) is 0 Å². The van der Waals surface area contributed by atoms with E-state index in [1.54, 1.807) is 6.07 Å². The van der Waals surface area contributed by atoms with E-state index in [-0.39, 0.29) is 6.04 Å². The highest BCUT2D eigenvalue weighted by Crippen LogP contribution is 2.32. The smallest absolute Gasteiger partial charge is 0.0513 e. The Kier molecular flexibility index (Phi) is 3.52. The minimum Gasteiger partial charge on any atom is -0.381 e. The summed E-state index contributed by atoms with van der Waals surface area (Å²) in [4.78, 5) is 0. The second kappa shape index (κ2) is 4.71. The molecule has 2 unspecified atom stereocenters. The molecule has 0 radical (unpaired) electrons. The van der Waals surface area contributed by atoms with Crippen LogP contribution < -0.4 is 5.73 Å². The standard InChI is InChI=1S/C11H13Cl2NO/c12-8-1-2-9(10(13)5-8)11(14)7-3-4-15-6-7/h1-2,5,7,11H,3-4,6,14H2. The van der Waals surface area contributed by atoms with Gasteiger partial charge in [-0.05, 0) is 24.1 Å². The van der Waals surface area contributed by atoms with Crippen LogP contribution in [0.4, 0.5) is 0 Å². The Morgan fingerprint density at radius 1 is 1.40 bits per heavy atom. The van der Waals surface area contributed by atoms with Crippen molar-refractivity contribution >= 4 is 23.2 Å². The summed E-state index contributed by atoms with van der Waals surface area (Å²) in [7, 11) is 0. The molecule has 0 aliphatic carbocycles. The molecule has 0 bridgehead atoms. The molecule has 1 aromatic carbocycles. The summed E-state index contributed by atoms with van der Waals surface area (Å²) in [6.07, 6.45) is 1.00. The highest BCUT2D eigenvalue weighted by atomic mass is 35.5. The van der Waals surface area contributed by atoms with Crippen LogP contribution in [-0.2, 0) is 4.74 Å². The van der Waals surface area contributed by atoms with Gasteiger partial charge in [0.05, 0.1) is 6.61 Å². The summed E-state index contributed by atoms with van der Waals surface area (Å²) < 4.78 is 5.31. The van der Waals surface area contributed by atoms with Gasteiger partial charge in [0.15, 0.2) is 0 Å². The van der Waals surface area contributed by atoms with Gasteiger partial charge in [-0.1, -0.05) is 29.3 Å². The quantitative estimate of drug-likeness (QED) is 0.870. The molecule has 1 aromatic rings. The predicted octanol–water partition coefficient (Wildman–Crippen LogP) is 3.03. The van der Waals surface area contributed by atoms with Crippen LogP contribution in [0.15, 0.2) is 18.2 Å². The van der Waals surface area contributed by atoms with Crippen molar-refractivity contribution in [2.45, 2.75) is 12.5 Å². The Morgan fingerprint density at radius 3 is 2.80 bits per heavy atom. The summed E-state index contributed by atoms with van der Waals surface area (Å²) in [6, 6.07) is 5.39. The number of rotatable bonds is 2. The molecule has 1 saturated heterocycles. The zero-order valence-electron chi connectivity index (χ0n) is 8.25. The second-order valence-electron chi connectivity index (χ2n) is 3.82. The average molecular weight is 246 g/mol. The molecule has 0 amide bonds. The average Bonchev–Trinajstić information content (AvgIpc) is 2.69. The lowest BCUT2D eigenvalue weighted by Crippen LogP contribution is -2.21. The fraction of sp³-hybridized carbons (Fsp3) is 0.455. The molecule has 0 saturated carbocycles. The van der Waals surface area contributed by atoms with Gasteiger partial charge in [-0.15, -0.1) is 0 Å². The monoisotopic (exact) mass is 245 g/mol. The lowest BCUT2D eigenvalue weighted by molar-refractivity contribution is 0.181. The second-order valence-corrected chi connectivity index (χ2v) is 4.66. The van der Waals surface area contributed by atoms with Gasteiger partial charge in [-0.2, -0.15) is 0 Å². The number of hydrogen-bond acceptors (Lipinski definition) is 2. The van der Waals surface area contributed by atoms with Crippen LogP contribution in [0, 0.1) is 5.92 Å². The molecule has 2 N–H and O–H groups in total. The molecule has 1 fully saturated rings. The van der Waals surface area contributed by atoms with E-state index < -0.39 is 0 Å². The van der Waals surface area contributed by atoms with E-state index in [1.165, 1.54) is 0 Å². The van der Waals surface area contributed by atoms with Crippen molar-refractivity contribution in [1.82, 2.24) is 0 Å². The van der Waals surface area contributed by atoms with Gasteiger partial charge >= 0.3 is 0 Å². The summed E-state index contributed by atoms with van der Waals surface area (Å²) in [5.74, 6) is 0.365. The predicted molar refractivity (Wildman–Crippen MR) is 62.3 cm³/mol. The van der Waals surface area contributed by atoms with E-state index in [0.717, 1.165) is 25.2 Å². The van der Waals surface area contributed by atoms with Gasteiger partial charge in [0, 0.05) is 28.6 Å². The third-order valence-electron chi connectivity index (χ3n) is 2.79. The van der Waals surface area contributed by atoms with Crippen molar-refractivity contribution in [2.24, 2.45) is 11.7 Å². The molecule has 82 valence electrons. The van der Waals surface area contributed by atoms with Crippen LogP contribution in [0.2, 0.25) is 10.0 Å². The SMILES string of the molecule is NC(c1ccc(Cl)cc1Cl)C1CCOC1. The fourth-order valence-corrected chi connectivity index (χ4v) is 2.40. The first-order valence-corrected chi connectivity index (χ1v) is 5.72. The van der Waals surface area contributed by atoms with Crippen molar-refractivity contribution in [3.63, 3.8) is 0 Å². The molecule has 1 aliphatic rings. The molecular formula is C11H13Cl2NO. The molecule has 4 heteroatoms. The Hall–Kier alpha value is -0.280. The van der Waals surface area contributed by atoms with Gasteiger partial charge in [0.25, 0.3) is 0 Å². The van der Waals surface area contributed by atoms with E-state index >= 15 is 0 Å². The lowest BCUT2D eigenvalue weighted by Gasteiger charge is -2.19. The van der Waals surface area contributed by atoms with Crippen LogP contribution in [0.5, 0.6) is 0 Å². The summed E-state index contributed by atoms with van der Waals surface area (Å²) in [6.45, 7) is 1.52. The van der Waals surface area contributed by atoms with Crippen LogP contribution >= 0.6 is 23.2 Å².